The molecule has 11 heteroatoms. The van der Waals surface area contributed by atoms with E-state index in [2.05, 4.69) is 20.7 Å². The lowest BCUT2D eigenvalue weighted by molar-refractivity contribution is -0.612. The Hall–Kier alpha value is -4.02. The molecule has 3 heterocycles. The average Bonchev–Trinajstić information content (AvgIpc) is 3.84. The summed E-state index contributed by atoms with van der Waals surface area (Å²) in [6.07, 6.45) is 6.91. The second kappa shape index (κ2) is 10.6. The van der Waals surface area contributed by atoms with Crippen molar-refractivity contribution < 1.29 is 23.4 Å². The zero-order valence-electron chi connectivity index (χ0n) is 22.5. The lowest BCUT2D eigenvalue weighted by Crippen LogP contribution is -2.50. The fourth-order valence-corrected chi connectivity index (χ4v) is 5.26. The number of amides is 2. The number of carbonyl (C=O) groups excluding carboxylic acids is 2. The van der Waals surface area contributed by atoms with Crippen molar-refractivity contribution >= 4 is 17.6 Å². The van der Waals surface area contributed by atoms with E-state index in [-0.39, 0.29) is 40.7 Å². The quantitative estimate of drug-likeness (QED) is 0.231. The molecule has 206 valence electrons. The van der Waals surface area contributed by atoms with Crippen LogP contribution in [-0.4, -0.2) is 39.7 Å². The maximum atomic E-state index is 15.2. The maximum absolute atomic E-state index is 15.2. The summed E-state index contributed by atoms with van der Waals surface area (Å²) in [6, 6.07) is 5.33. The molecule has 2 aliphatic rings. The highest BCUT2D eigenvalue weighted by atomic mass is 19.1. The van der Waals surface area contributed by atoms with Gasteiger partial charge in [0.25, 0.3) is 5.91 Å². The van der Waals surface area contributed by atoms with Gasteiger partial charge in [-0.3, -0.25) is 14.3 Å². The standard InChI is InChI=1S/C28H33FN6O4/c1-15(2)35-22(11-12-30-35)27(36)33-25(24(17-5-6-17)18-7-8-18)28(37)32-23-10-9-20(26(29)31-23)21-13-19(39-4)14-34(38)16(21)3/h9-15,17-18,24-25H,5-8H2,1-4H3,(H,33,36)(H,31,32,37)/t25-/m0/s1. The second-order valence-corrected chi connectivity index (χ2v) is 10.7. The van der Waals surface area contributed by atoms with Crippen LogP contribution in [0.2, 0.25) is 0 Å². The Morgan fingerprint density at radius 3 is 2.44 bits per heavy atom. The van der Waals surface area contributed by atoms with Crippen molar-refractivity contribution in [1.82, 2.24) is 20.1 Å². The summed E-state index contributed by atoms with van der Waals surface area (Å²) in [7, 11) is 1.42. The van der Waals surface area contributed by atoms with Gasteiger partial charge in [0.15, 0.2) is 11.4 Å². The zero-order valence-corrected chi connectivity index (χ0v) is 22.5. The molecule has 10 nitrogen and oxygen atoms in total. The molecule has 0 saturated heterocycles. The molecule has 5 rings (SSSR count). The molecule has 3 aromatic rings. The Labute approximate surface area is 226 Å². The first-order chi connectivity index (χ1) is 18.7. The predicted octanol–water partition coefficient (Wildman–Crippen LogP) is 3.79. The zero-order chi connectivity index (χ0) is 27.8. The summed E-state index contributed by atoms with van der Waals surface area (Å²) in [6.45, 7) is 5.43. The van der Waals surface area contributed by atoms with E-state index >= 15 is 4.39 Å². The van der Waals surface area contributed by atoms with Crippen LogP contribution in [0.3, 0.4) is 0 Å². The number of nitrogens with zero attached hydrogens (tertiary/aromatic N) is 4. The molecule has 2 N–H and O–H groups in total. The molecule has 0 aliphatic heterocycles. The van der Waals surface area contributed by atoms with Crippen LogP contribution in [0.1, 0.15) is 61.8 Å². The van der Waals surface area contributed by atoms with E-state index in [9.17, 15) is 14.8 Å². The lowest BCUT2D eigenvalue weighted by atomic mass is 9.88. The lowest BCUT2D eigenvalue weighted by Gasteiger charge is -2.27. The predicted molar refractivity (Wildman–Crippen MR) is 141 cm³/mol. The number of halogens is 1. The van der Waals surface area contributed by atoms with Gasteiger partial charge in [-0.15, -0.1) is 0 Å². The molecule has 0 spiro atoms. The number of hydrogen-bond acceptors (Lipinski definition) is 6. The minimum Gasteiger partial charge on any atom is -0.618 e. The minimum absolute atomic E-state index is 0.000393. The van der Waals surface area contributed by atoms with Crippen molar-refractivity contribution in [2.45, 2.75) is 58.5 Å². The molecule has 39 heavy (non-hydrogen) atoms. The Balaban J connectivity index is 1.40. The molecule has 2 amide bonds. The third kappa shape index (κ3) is 5.57. The van der Waals surface area contributed by atoms with Crippen LogP contribution in [0, 0.1) is 35.8 Å². The van der Waals surface area contributed by atoms with Crippen molar-refractivity contribution in [2.75, 3.05) is 12.4 Å². The van der Waals surface area contributed by atoms with Crippen LogP contribution in [0.5, 0.6) is 5.75 Å². The van der Waals surface area contributed by atoms with Crippen LogP contribution in [0.4, 0.5) is 10.2 Å². The molecule has 0 bridgehead atoms. The van der Waals surface area contributed by atoms with E-state index in [1.54, 1.807) is 29.9 Å². The number of rotatable bonds is 10. The highest BCUT2D eigenvalue weighted by Crippen LogP contribution is 2.51. The molecular weight excluding hydrogens is 503 g/mol. The summed E-state index contributed by atoms with van der Waals surface area (Å²) in [5, 5.41) is 22.1. The van der Waals surface area contributed by atoms with Gasteiger partial charge < -0.3 is 20.6 Å². The van der Waals surface area contributed by atoms with Crippen LogP contribution in [0.25, 0.3) is 11.1 Å². The van der Waals surface area contributed by atoms with Gasteiger partial charge in [-0.05, 0) is 75.5 Å². The molecule has 0 unspecified atom stereocenters. The maximum Gasteiger partial charge on any atom is 0.270 e. The van der Waals surface area contributed by atoms with E-state index in [4.69, 9.17) is 4.74 Å². The van der Waals surface area contributed by atoms with Crippen molar-refractivity contribution in [3.8, 4) is 16.9 Å². The topological polar surface area (TPSA) is 125 Å². The Morgan fingerprint density at radius 2 is 1.85 bits per heavy atom. The van der Waals surface area contributed by atoms with Gasteiger partial charge >= 0.3 is 0 Å². The van der Waals surface area contributed by atoms with Crippen molar-refractivity contribution in [2.24, 2.45) is 17.8 Å². The molecule has 2 aliphatic carbocycles. The van der Waals surface area contributed by atoms with Gasteiger partial charge in [-0.1, -0.05) is 0 Å². The highest BCUT2D eigenvalue weighted by Gasteiger charge is 2.48. The number of aromatic nitrogens is 4. The normalized spacial score (nSPS) is 15.9. The van der Waals surface area contributed by atoms with E-state index in [1.165, 1.54) is 25.4 Å². The van der Waals surface area contributed by atoms with Gasteiger partial charge in [0, 0.05) is 30.8 Å². The Bertz CT molecular complexity index is 1390. The third-order valence-corrected chi connectivity index (χ3v) is 7.56. The molecular formula is C28H33FN6O4. The van der Waals surface area contributed by atoms with Crippen LogP contribution >= 0.6 is 0 Å². The Morgan fingerprint density at radius 1 is 1.15 bits per heavy atom. The number of pyridine rings is 2. The number of ether oxygens (including phenoxy) is 1. The first-order valence-corrected chi connectivity index (χ1v) is 13.3. The number of carbonyl (C=O) groups is 2. The van der Waals surface area contributed by atoms with Gasteiger partial charge in [0.2, 0.25) is 18.1 Å². The monoisotopic (exact) mass is 536 g/mol. The minimum atomic E-state index is -0.841. The highest BCUT2D eigenvalue weighted by molar-refractivity contribution is 6.00. The average molecular weight is 537 g/mol. The van der Waals surface area contributed by atoms with E-state index in [1.807, 2.05) is 13.8 Å². The molecule has 1 atom stereocenters. The fourth-order valence-electron chi connectivity index (χ4n) is 5.26. The van der Waals surface area contributed by atoms with E-state index in [0.29, 0.717) is 27.8 Å². The number of methoxy groups -OCH3 is 1. The van der Waals surface area contributed by atoms with Gasteiger partial charge in [0.1, 0.15) is 17.6 Å². The Kier molecular flexibility index (Phi) is 7.24. The molecule has 0 aromatic carbocycles. The number of hydrogen-bond donors (Lipinski definition) is 2. The van der Waals surface area contributed by atoms with Crippen LogP contribution < -0.4 is 20.1 Å². The van der Waals surface area contributed by atoms with E-state index in [0.717, 1.165) is 25.7 Å². The summed E-state index contributed by atoms with van der Waals surface area (Å²) in [5.41, 5.74) is 1.11. The van der Waals surface area contributed by atoms with Gasteiger partial charge in [0.05, 0.1) is 12.7 Å². The number of anilines is 1. The molecule has 0 radical (unpaired) electrons. The van der Waals surface area contributed by atoms with Crippen molar-refractivity contribution in [3.63, 3.8) is 0 Å². The summed E-state index contributed by atoms with van der Waals surface area (Å²) in [5.74, 6) is -0.610. The van der Waals surface area contributed by atoms with Crippen LogP contribution in [0.15, 0.2) is 36.7 Å². The fraction of sp³-hybridized carbons (Fsp3) is 0.464. The van der Waals surface area contributed by atoms with Crippen LogP contribution in [-0.2, 0) is 4.79 Å². The largest absolute Gasteiger partial charge is 0.618 e. The SMILES string of the molecule is COc1cc(-c2ccc(NC(=O)[C@@H](NC(=O)c3ccnn3C(C)C)C(C3CC3)C3CC3)nc2F)c(C)[n+]([O-])c1. The van der Waals surface area contributed by atoms with Gasteiger partial charge in [-0.2, -0.15) is 14.2 Å². The molecule has 2 fully saturated rings. The third-order valence-electron chi connectivity index (χ3n) is 7.56. The number of nitrogens with one attached hydrogen (secondary N) is 2. The van der Waals surface area contributed by atoms with Crippen molar-refractivity contribution in [1.29, 1.82) is 0 Å². The summed E-state index contributed by atoms with van der Waals surface area (Å²) >= 11 is 0. The second-order valence-electron chi connectivity index (χ2n) is 10.7. The first kappa shape index (κ1) is 26.6. The smallest absolute Gasteiger partial charge is 0.270 e. The molecule has 2 saturated carbocycles. The summed E-state index contributed by atoms with van der Waals surface area (Å²) < 4.78 is 22.6. The van der Waals surface area contributed by atoms with Crippen molar-refractivity contribution in [3.05, 3.63) is 59.2 Å². The molecule has 3 aromatic heterocycles. The summed E-state index contributed by atoms with van der Waals surface area (Å²) in [4.78, 5) is 30.9. The first-order valence-electron chi connectivity index (χ1n) is 13.3. The van der Waals surface area contributed by atoms with Gasteiger partial charge in [-0.25, -0.2) is 4.98 Å². The van der Waals surface area contributed by atoms with E-state index < -0.39 is 17.9 Å².